The van der Waals surface area contributed by atoms with Gasteiger partial charge in [0.1, 0.15) is 17.5 Å². The Morgan fingerprint density at radius 3 is 2.40 bits per heavy atom. The second-order valence-electron chi connectivity index (χ2n) is 5.95. The number of aromatic nitrogens is 2. The molecule has 0 aromatic carbocycles. The summed E-state index contributed by atoms with van der Waals surface area (Å²) in [7, 11) is 4.20. The van der Waals surface area contributed by atoms with E-state index in [0.717, 1.165) is 37.0 Å². The fourth-order valence-electron chi connectivity index (χ4n) is 2.31. The van der Waals surface area contributed by atoms with E-state index in [1.165, 1.54) is 0 Å². The minimum atomic E-state index is 0.397. The maximum absolute atomic E-state index is 4.49. The Hall–Kier alpha value is -1.36. The SMILES string of the molecule is CCNc1cc(NC(CC(C)C)CN(C)C)nc(C)n1. The van der Waals surface area contributed by atoms with Gasteiger partial charge in [-0.3, -0.25) is 0 Å². The van der Waals surface area contributed by atoms with E-state index in [1.807, 2.05) is 13.0 Å². The first-order chi connectivity index (χ1) is 9.40. The number of likely N-dealkylation sites (N-methyl/N-ethyl adjacent to an activating group) is 1. The van der Waals surface area contributed by atoms with Crippen molar-refractivity contribution in [1.82, 2.24) is 14.9 Å². The van der Waals surface area contributed by atoms with E-state index in [2.05, 4.69) is 60.4 Å². The predicted molar refractivity (Wildman–Crippen MR) is 86.4 cm³/mol. The van der Waals surface area contributed by atoms with Gasteiger partial charge in [-0.05, 0) is 40.3 Å². The van der Waals surface area contributed by atoms with Gasteiger partial charge in [-0.25, -0.2) is 9.97 Å². The Kier molecular flexibility index (Phi) is 6.71. The molecule has 1 heterocycles. The molecule has 0 saturated heterocycles. The first kappa shape index (κ1) is 16.7. The van der Waals surface area contributed by atoms with Crippen molar-refractivity contribution in [2.45, 2.75) is 40.2 Å². The fourth-order valence-corrected chi connectivity index (χ4v) is 2.31. The quantitative estimate of drug-likeness (QED) is 0.766. The molecule has 0 aliphatic rings. The highest BCUT2D eigenvalue weighted by atomic mass is 15.1. The Bertz CT molecular complexity index is 393. The summed E-state index contributed by atoms with van der Waals surface area (Å²) in [4.78, 5) is 11.1. The van der Waals surface area contributed by atoms with Gasteiger partial charge in [0.2, 0.25) is 0 Å². The summed E-state index contributed by atoms with van der Waals surface area (Å²) in [5.74, 6) is 3.24. The third-order valence-corrected chi connectivity index (χ3v) is 2.89. The lowest BCUT2D eigenvalue weighted by Gasteiger charge is -2.24. The second kappa shape index (κ2) is 8.04. The van der Waals surface area contributed by atoms with Crippen molar-refractivity contribution in [1.29, 1.82) is 0 Å². The molecule has 0 aliphatic carbocycles. The van der Waals surface area contributed by atoms with Crippen LogP contribution in [-0.2, 0) is 0 Å². The van der Waals surface area contributed by atoms with Crippen molar-refractivity contribution in [3.8, 4) is 0 Å². The van der Waals surface area contributed by atoms with Crippen molar-refractivity contribution in [2.24, 2.45) is 5.92 Å². The number of anilines is 2. The summed E-state index contributed by atoms with van der Waals surface area (Å²) in [5, 5.41) is 6.79. The lowest BCUT2D eigenvalue weighted by Crippen LogP contribution is -2.33. The molecule has 114 valence electrons. The number of nitrogens with zero attached hydrogens (tertiary/aromatic N) is 3. The van der Waals surface area contributed by atoms with E-state index in [9.17, 15) is 0 Å². The standard InChI is InChI=1S/C15H29N5/c1-7-16-14-9-15(18-12(4)17-14)19-13(8-11(2)3)10-20(5)6/h9,11,13H,7-8,10H2,1-6H3,(H2,16,17,18,19). The van der Waals surface area contributed by atoms with Gasteiger partial charge in [0.25, 0.3) is 0 Å². The van der Waals surface area contributed by atoms with Gasteiger partial charge < -0.3 is 15.5 Å². The highest BCUT2D eigenvalue weighted by Gasteiger charge is 2.13. The van der Waals surface area contributed by atoms with Gasteiger partial charge in [0.05, 0.1) is 0 Å². The average molecular weight is 279 g/mol. The number of aryl methyl sites for hydroxylation is 1. The topological polar surface area (TPSA) is 53.1 Å². The maximum atomic E-state index is 4.49. The van der Waals surface area contributed by atoms with Crippen LogP contribution in [0.5, 0.6) is 0 Å². The highest BCUT2D eigenvalue weighted by Crippen LogP contribution is 2.15. The van der Waals surface area contributed by atoms with Crippen molar-refractivity contribution >= 4 is 11.6 Å². The molecule has 1 aromatic heterocycles. The normalized spacial score (nSPS) is 12.8. The summed E-state index contributed by atoms with van der Waals surface area (Å²) in [6, 6.07) is 2.38. The molecule has 0 saturated carbocycles. The summed E-state index contributed by atoms with van der Waals surface area (Å²) < 4.78 is 0. The maximum Gasteiger partial charge on any atom is 0.132 e. The molecule has 0 radical (unpaired) electrons. The summed E-state index contributed by atoms with van der Waals surface area (Å²) in [6.07, 6.45) is 1.12. The molecule has 0 amide bonds. The van der Waals surface area contributed by atoms with Crippen LogP contribution in [-0.4, -0.2) is 48.1 Å². The van der Waals surface area contributed by atoms with Crippen LogP contribution in [0.4, 0.5) is 11.6 Å². The number of nitrogens with one attached hydrogen (secondary N) is 2. The van der Waals surface area contributed by atoms with Gasteiger partial charge >= 0.3 is 0 Å². The van der Waals surface area contributed by atoms with E-state index < -0.39 is 0 Å². The summed E-state index contributed by atoms with van der Waals surface area (Å²) >= 11 is 0. The number of rotatable bonds is 8. The molecule has 0 fully saturated rings. The zero-order valence-electron chi connectivity index (χ0n) is 13.7. The first-order valence-electron chi connectivity index (χ1n) is 7.41. The Morgan fingerprint density at radius 1 is 1.20 bits per heavy atom. The largest absolute Gasteiger partial charge is 0.370 e. The van der Waals surface area contributed by atoms with Gasteiger partial charge in [-0.1, -0.05) is 13.8 Å². The third-order valence-electron chi connectivity index (χ3n) is 2.89. The van der Waals surface area contributed by atoms with Gasteiger partial charge in [-0.2, -0.15) is 0 Å². The van der Waals surface area contributed by atoms with Crippen LogP contribution < -0.4 is 10.6 Å². The van der Waals surface area contributed by atoms with Gasteiger partial charge in [-0.15, -0.1) is 0 Å². The predicted octanol–water partition coefficient (Wildman–Crippen LogP) is 2.61. The molecule has 0 spiro atoms. The molecule has 20 heavy (non-hydrogen) atoms. The molecular weight excluding hydrogens is 250 g/mol. The Balaban J connectivity index is 2.80. The number of hydrogen-bond donors (Lipinski definition) is 2. The molecule has 5 nitrogen and oxygen atoms in total. The summed E-state index contributed by atoms with van der Waals surface area (Å²) in [6.45, 7) is 10.4. The molecular formula is C15H29N5. The average Bonchev–Trinajstić information content (AvgIpc) is 2.26. The van der Waals surface area contributed by atoms with Crippen molar-refractivity contribution in [3.63, 3.8) is 0 Å². The monoisotopic (exact) mass is 279 g/mol. The van der Waals surface area contributed by atoms with E-state index in [0.29, 0.717) is 12.0 Å². The van der Waals surface area contributed by atoms with E-state index in [1.54, 1.807) is 0 Å². The van der Waals surface area contributed by atoms with Crippen LogP contribution in [0.1, 0.15) is 33.0 Å². The van der Waals surface area contributed by atoms with Crippen molar-refractivity contribution in [2.75, 3.05) is 37.8 Å². The first-order valence-corrected chi connectivity index (χ1v) is 7.41. The van der Waals surface area contributed by atoms with Crippen molar-refractivity contribution in [3.05, 3.63) is 11.9 Å². The van der Waals surface area contributed by atoms with E-state index >= 15 is 0 Å². The molecule has 1 aromatic rings. The van der Waals surface area contributed by atoms with Crippen LogP contribution >= 0.6 is 0 Å². The van der Waals surface area contributed by atoms with Crippen molar-refractivity contribution < 1.29 is 0 Å². The Labute approximate surface area is 123 Å². The number of hydrogen-bond acceptors (Lipinski definition) is 5. The minimum Gasteiger partial charge on any atom is -0.370 e. The highest BCUT2D eigenvalue weighted by molar-refractivity contribution is 5.48. The fraction of sp³-hybridized carbons (Fsp3) is 0.733. The molecule has 0 aliphatic heterocycles. The van der Waals surface area contributed by atoms with E-state index in [-0.39, 0.29) is 0 Å². The van der Waals surface area contributed by atoms with Crippen LogP contribution in [0.15, 0.2) is 6.07 Å². The molecule has 5 heteroatoms. The lowest BCUT2D eigenvalue weighted by atomic mass is 10.0. The van der Waals surface area contributed by atoms with Gasteiger partial charge in [0.15, 0.2) is 0 Å². The molecule has 2 N–H and O–H groups in total. The minimum absolute atomic E-state index is 0.397. The summed E-state index contributed by atoms with van der Waals surface area (Å²) in [5.41, 5.74) is 0. The molecule has 1 unspecified atom stereocenters. The molecule has 1 rings (SSSR count). The zero-order valence-corrected chi connectivity index (χ0v) is 13.7. The van der Waals surface area contributed by atoms with Gasteiger partial charge in [0, 0.05) is 25.2 Å². The smallest absolute Gasteiger partial charge is 0.132 e. The lowest BCUT2D eigenvalue weighted by molar-refractivity contribution is 0.356. The van der Waals surface area contributed by atoms with Crippen LogP contribution in [0.2, 0.25) is 0 Å². The van der Waals surface area contributed by atoms with Crippen LogP contribution in [0, 0.1) is 12.8 Å². The molecule has 1 atom stereocenters. The third kappa shape index (κ3) is 6.19. The van der Waals surface area contributed by atoms with E-state index in [4.69, 9.17) is 0 Å². The van der Waals surface area contributed by atoms with Crippen LogP contribution in [0.3, 0.4) is 0 Å². The Morgan fingerprint density at radius 2 is 1.85 bits per heavy atom. The molecule has 0 bridgehead atoms. The second-order valence-corrected chi connectivity index (χ2v) is 5.95. The van der Waals surface area contributed by atoms with Crippen LogP contribution in [0.25, 0.3) is 0 Å². The zero-order chi connectivity index (χ0) is 15.1.